The molecule has 1 aromatic heterocycles. The second-order valence-electron chi connectivity index (χ2n) is 3.10. The minimum Gasteiger partial charge on any atom is -0.472 e. The maximum atomic E-state index is 11.5. The molecule has 0 radical (unpaired) electrons. The van der Waals surface area contributed by atoms with Crippen LogP contribution in [0.25, 0.3) is 0 Å². The lowest BCUT2D eigenvalue weighted by Crippen LogP contribution is -2.35. The van der Waals surface area contributed by atoms with Crippen LogP contribution in [0.4, 0.5) is 0 Å². The molecule has 4 heteroatoms. The molecule has 0 spiro atoms. The van der Waals surface area contributed by atoms with Crippen LogP contribution in [0.5, 0.6) is 5.75 Å². The number of carbonyl (C=O) groups excluding carboxylic acids is 1. The summed E-state index contributed by atoms with van der Waals surface area (Å²) in [7, 11) is 1.70. The molecule has 2 rings (SSSR count). The summed E-state index contributed by atoms with van der Waals surface area (Å²) in [5, 5.41) is 0. The zero-order valence-corrected chi connectivity index (χ0v) is 9.57. The first kappa shape index (κ1) is 11.5. The van der Waals surface area contributed by atoms with E-state index in [1.807, 2.05) is 20.8 Å². The van der Waals surface area contributed by atoms with Gasteiger partial charge in [0.15, 0.2) is 6.73 Å². The second kappa shape index (κ2) is 4.77. The molecule has 15 heavy (non-hydrogen) atoms. The number of amides is 1. The Kier molecular flexibility index (Phi) is 3.66. The molecule has 4 nitrogen and oxygen atoms in total. The number of fused-ring (bicyclic) bond motifs is 1. The van der Waals surface area contributed by atoms with Crippen molar-refractivity contribution in [3.63, 3.8) is 0 Å². The fourth-order valence-corrected chi connectivity index (χ4v) is 1.25. The zero-order valence-electron chi connectivity index (χ0n) is 9.57. The maximum Gasteiger partial charge on any atom is 0.261 e. The highest BCUT2D eigenvalue weighted by atomic mass is 16.5. The number of rotatable bonds is 0. The van der Waals surface area contributed by atoms with Gasteiger partial charge in [0.1, 0.15) is 11.3 Å². The molecule has 0 bridgehead atoms. The molecule has 0 N–H and O–H groups in total. The van der Waals surface area contributed by atoms with Gasteiger partial charge in [-0.15, -0.1) is 0 Å². The van der Waals surface area contributed by atoms with Gasteiger partial charge < -0.3 is 9.64 Å². The summed E-state index contributed by atoms with van der Waals surface area (Å²) < 4.78 is 5.35. The molecule has 0 fully saturated rings. The van der Waals surface area contributed by atoms with Crippen LogP contribution in [0.1, 0.15) is 29.9 Å². The third-order valence-electron chi connectivity index (χ3n) is 1.99. The average Bonchev–Trinajstić information content (AvgIpc) is 2.26. The van der Waals surface area contributed by atoms with Crippen LogP contribution in [-0.2, 0) is 0 Å². The number of carbonyl (C=O) groups is 1. The van der Waals surface area contributed by atoms with Gasteiger partial charge in [-0.1, -0.05) is 13.8 Å². The number of hydrogen-bond donors (Lipinski definition) is 0. The van der Waals surface area contributed by atoms with Gasteiger partial charge in [-0.05, 0) is 6.92 Å². The molecule has 0 atom stereocenters. The van der Waals surface area contributed by atoms with E-state index in [4.69, 9.17) is 4.74 Å². The third kappa shape index (κ3) is 2.26. The van der Waals surface area contributed by atoms with Crippen molar-refractivity contribution in [2.45, 2.75) is 20.8 Å². The fraction of sp³-hybridized carbons (Fsp3) is 0.455. The molecule has 0 saturated carbocycles. The minimum atomic E-state index is -0.0336. The normalized spacial score (nSPS) is 13.6. The first-order valence-electron chi connectivity index (χ1n) is 5.03. The van der Waals surface area contributed by atoms with Crippen LogP contribution in [0.3, 0.4) is 0 Å². The van der Waals surface area contributed by atoms with Crippen molar-refractivity contribution in [1.82, 2.24) is 9.88 Å². The predicted octanol–water partition coefficient (Wildman–Crippen LogP) is 1.84. The van der Waals surface area contributed by atoms with Gasteiger partial charge in [0.05, 0.1) is 0 Å². The van der Waals surface area contributed by atoms with Gasteiger partial charge in [-0.25, -0.2) is 0 Å². The number of ether oxygens (including phenoxy) is 1. The number of nitrogens with zero attached hydrogens (tertiary/aromatic N) is 2. The van der Waals surface area contributed by atoms with Gasteiger partial charge in [-0.2, -0.15) is 0 Å². The van der Waals surface area contributed by atoms with Crippen molar-refractivity contribution >= 4 is 5.91 Å². The molecule has 82 valence electrons. The lowest BCUT2D eigenvalue weighted by molar-refractivity contribution is 0.0594. The molecular weight excluding hydrogens is 192 g/mol. The highest BCUT2D eigenvalue weighted by Crippen LogP contribution is 2.23. The Morgan fingerprint density at radius 3 is 2.80 bits per heavy atom. The second-order valence-corrected chi connectivity index (χ2v) is 3.10. The summed E-state index contributed by atoms with van der Waals surface area (Å²) in [6, 6.07) is 1.78. The average molecular weight is 208 g/mol. The van der Waals surface area contributed by atoms with Crippen LogP contribution in [0.2, 0.25) is 0 Å². The molecular formula is C11H16N2O2. The molecule has 1 aliphatic heterocycles. The van der Waals surface area contributed by atoms with Crippen molar-refractivity contribution in [3.8, 4) is 5.75 Å². The van der Waals surface area contributed by atoms with Crippen LogP contribution in [0, 0.1) is 6.92 Å². The molecule has 0 saturated heterocycles. The first-order chi connectivity index (χ1) is 7.18. The molecule has 1 aromatic rings. The maximum absolute atomic E-state index is 11.5. The highest BCUT2D eigenvalue weighted by molar-refractivity contribution is 5.97. The monoisotopic (exact) mass is 208 g/mol. The van der Waals surface area contributed by atoms with E-state index in [9.17, 15) is 4.79 Å². The number of hydrogen-bond acceptors (Lipinski definition) is 3. The van der Waals surface area contributed by atoms with E-state index in [0.717, 1.165) is 5.69 Å². The fourth-order valence-electron chi connectivity index (χ4n) is 1.25. The first-order valence-corrected chi connectivity index (χ1v) is 5.03. The van der Waals surface area contributed by atoms with Crippen molar-refractivity contribution in [3.05, 3.63) is 23.5 Å². The number of pyridine rings is 1. The van der Waals surface area contributed by atoms with E-state index in [-0.39, 0.29) is 5.91 Å². The summed E-state index contributed by atoms with van der Waals surface area (Å²) in [6.45, 7) is 6.18. The molecule has 0 unspecified atom stereocenters. The molecule has 0 aliphatic carbocycles. The van der Waals surface area contributed by atoms with Crippen molar-refractivity contribution in [2.75, 3.05) is 13.8 Å². The Bertz CT molecular complexity index is 364. The van der Waals surface area contributed by atoms with Crippen LogP contribution >= 0.6 is 0 Å². The summed E-state index contributed by atoms with van der Waals surface area (Å²) in [4.78, 5) is 17.1. The summed E-state index contributed by atoms with van der Waals surface area (Å²) >= 11 is 0. The van der Waals surface area contributed by atoms with Gasteiger partial charge in [0.2, 0.25) is 0 Å². The van der Waals surface area contributed by atoms with E-state index in [1.54, 1.807) is 19.3 Å². The largest absolute Gasteiger partial charge is 0.472 e. The smallest absolute Gasteiger partial charge is 0.261 e. The SMILES string of the molecule is CC.Cc1cc2c(cn1)C(=O)N(C)CO2. The predicted molar refractivity (Wildman–Crippen MR) is 57.9 cm³/mol. The standard InChI is InChI=1S/C9H10N2O2.C2H6/c1-6-3-8-7(4-10-6)9(12)11(2)5-13-8;1-2/h3-4H,5H2,1-2H3;1-2H3. The Morgan fingerprint density at radius 2 is 2.13 bits per heavy atom. The van der Waals surface area contributed by atoms with Crippen molar-refractivity contribution in [1.29, 1.82) is 0 Å². The van der Waals surface area contributed by atoms with Gasteiger partial charge >= 0.3 is 0 Å². The lowest BCUT2D eigenvalue weighted by atomic mass is 10.2. The van der Waals surface area contributed by atoms with E-state index in [2.05, 4.69) is 4.98 Å². The van der Waals surface area contributed by atoms with Crippen molar-refractivity contribution < 1.29 is 9.53 Å². The Hall–Kier alpha value is -1.58. The highest BCUT2D eigenvalue weighted by Gasteiger charge is 2.22. The molecule has 2 heterocycles. The number of aryl methyl sites for hydroxylation is 1. The van der Waals surface area contributed by atoms with E-state index in [1.165, 1.54) is 4.90 Å². The topological polar surface area (TPSA) is 42.4 Å². The quantitative estimate of drug-likeness (QED) is 0.653. The van der Waals surface area contributed by atoms with E-state index >= 15 is 0 Å². The summed E-state index contributed by atoms with van der Waals surface area (Å²) in [6.07, 6.45) is 1.56. The van der Waals surface area contributed by atoms with Gasteiger partial charge in [0, 0.05) is 25.0 Å². The van der Waals surface area contributed by atoms with Crippen molar-refractivity contribution in [2.24, 2.45) is 0 Å². The lowest BCUT2D eigenvalue weighted by Gasteiger charge is -2.24. The van der Waals surface area contributed by atoms with Gasteiger partial charge in [-0.3, -0.25) is 9.78 Å². The van der Waals surface area contributed by atoms with Crippen LogP contribution in [-0.4, -0.2) is 29.6 Å². The summed E-state index contributed by atoms with van der Waals surface area (Å²) in [5.41, 5.74) is 1.40. The van der Waals surface area contributed by atoms with E-state index < -0.39 is 0 Å². The Labute approximate surface area is 89.9 Å². The van der Waals surface area contributed by atoms with Gasteiger partial charge in [0.25, 0.3) is 5.91 Å². The van der Waals surface area contributed by atoms with Crippen LogP contribution < -0.4 is 4.74 Å². The molecule has 0 aromatic carbocycles. The Morgan fingerprint density at radius 1 is 1.47 bits per heavy atom. The minimum absolute atomic E-state index is 0.0336. The summed E-state index contributed by atoms with van der Waals surface area (Å²) in [5.74, 6) is 0.601. The molecule has 1 amide bonds. The van der Waals surface area contributed by atoms with E-state index in [0.29, 0.717) is 18.0 Å². The molecule has 1 aliphatic rings. The van der Waals surface area contributed by atoms with Crippen LogP contribution in [0.15, 0.2) is 12.3 Å². The Balaban J connectivity index is 0.000000531. The zero-order chi connectivity index (χ0) is 11.4. The third-order valence-corrected chi connectivity index (χ3v) is 1.99. The number of aromatic nitrogens is 1.